The molecule has 0 fully saturated rings. The molecule has 0 atom stereocenters. The lowest BCUT2D eigenvalue weighted by Crippen LogP contribution is -2.35. The molecule has 0 saturated carbocycles. The Morgan fingerprint density at radius 2 is 2.07 bits per heavy atom. The molecule has 0 aliphatic carbocycles. The van der Waals surface area contributed by atoms with E-state index in [9.17, 15) is 0 Å². The van der Waals surface area contributed by atoms with Crippen molar-refractivity contribution in [1.82, 2.24) is 10.6 Å². The van der Waals surface area contributed by atoms with Crippen LogP contribution in [0.2, 0.25) is 0 Å². The number of halogens is 1. The minimum Gasteiger partial charge on any atom is -0.318 e. The first kappa shape index (κ1) is 13.2. The van der Waals surface area contributed by atoms with Gasteiger partial charge in [0, 0.05) is 29.9 Å². The summed E-state index contributed by atoms with van der Waals surface area (Å²) < 4.78 is 1.21. The fourth-order valence-electron chi connectivity index (χ4n) is 1.38. The Morgan fingerprint density at radius 3 is 2.60 bits per heavy atom. The fourth-order valence-corrected chi connectivity index (χ4v) is 2.87. The van der Waals surface area contributed by atoms with Crippen LogP contribution < -0.4 is 10.6 Å². The van der Waals surface area contributed by atoms with Gasteiger partial charge >= 0.3 is 0 Å². The SMILES string of the molecule is CNCCNCC(C)(C)c1ccc(Br)s1. The molecule has 0 aromatic carbocycles. The van der Waals surface area contributed by atoms with Gasteiger partial charge < -0.3 is 10.6 Å². The molecule has 0 saturated heterocycles. The molecule has 0 unspecified atom stereocenters. The molecule has 2 N–H and O–H groups in total. The molecule has 1 aromatic rings. The standard InChI is InChI=1S/C11H19BrN2S/c1-11(2,8-14-7-6-13-3)9-4-5-10(12)15-9/h4-5,13-14H,6-8H2,1-3H3. The highest BCUT2D eigenvalue weighted by Crippen LogP contribution is 2.32. The van der Waals surface area contributed by atoms with Crippen molar-refractivity contribution in [1.29, 1.82) is 0 Å². The quantitative estimate of drug-likeness (QED) is 0.787. The van der Waals surface area contributed by atoms with Crippen LogP contribution in [0.1, 0.15) is 18.7 Å². The molecular formula is C11H19BrN2S. The van der Waals surface area contributed by atoms with Gasteiger partial charge in [0.1, 0.15) is 0 Å². The van der Waals surface area contributed by atoms with E-state index in [-0.39, 0.29) is 5.41 Å². The van der Waals surface area contributed by atoms with Gasteiger partial charge in [0.05, 0.1) is 3.79 Å². The topological polar surface area (TPSA) is 24.1 Å². The van der Waals surface area contributed by atoms with Crippen LogP contribution in [0.15, 0.2) is 15.9 Å². The van der Waals surface area contributed by atoms with Gasteiger partial charge in [-0.05, 0) is 35.1 Å². The first-order valence-corrected chi connectivity index (χ1v) is 6.78. The Hall–Kier alpha value is 0.1000. The summed E-state index contributed by atoms with van der Waals surface area (Å²) in [5.41, 5.74) is 0.213. The summed E-state index contributed by atoms with van der Waals surface area (Å²) in [6.45, 7) is 7.60. The van der Waals surface area contributed by atoms with Crippen molar-refractivity contribution in [2.45, 2.75) is 19.3 Å². The van der Waals surface area contributed by atoms with Crippen LogP contribution in [0.4, 0.5) is 0 Å². The summed E-state index contributed by atoms with van der Waals surface area (Å²) in [6, 6.07) is 4.32. The average Bonchev–Trinajstić information content (AvgIpc) is 2.60. The summed E-state index contributed by atoms with van der Waals surface area (Å²) in [7, 11) is 1.98. The second kappa shape index (κ2) is 5.99. The third-order valence-electron chi connectivity index (χ3n) is 2.36. The molecular weight excluding hydrogens is 272 g/mol. The van der Waals surface area contributed by atoms with Crippen molar-refractivity contribution in [3.05, 3.63) is 20.8 Å². The lowest BCUT2D eigenvalue weighted by atomic mass is 9.91. The Bertz CT molecular complexity index is 297. The smallest absolute Gasteiger partial charge is 0.0701 e. The number of likely N-dealkylation sites (N-methyl/N-ethyl adjacent to an activating group) is 1. The normalized spacial score (nSPS) is 12.0. The van der Waals surface area contributed by atoms with Gasteiger partial charge in [0.25, 0.3) is 0 Å². The van der Waals surface area contributed by atoms with Gasteiger partial charge in [-0.1, -0.05) is 13.8 Å². The van der Waals surface area contributed by atoms with E-state index in [0.717, 1.165) is 19.6 Å². The summed E-state index contributed by atoms with van der Waals surface area (Å²) in [6.07, 6.45) is 0. The van der Waals surface area contributed by atoms with Crippen molar-refractivity contribution in [2.24, 2.45) is 0 Å². The maximum Gasteiger partial charge on any atom is 0.0701 e. The van der Waals surface area contributed by atoms with E-state index in [4.69, 9.17) is 0 Å². The summed E-state index contributed by atoms with van der Waals surface area (Å²) >= 11 is 5.33. The van der Waals surface area contributed by atoms with Crippen LogP contribution in [0.5, 0.6) is 0 Å². The molecule has 0 spiro atoms. The molecule has 0 amide bonds. The highest BCUT2D eigenvalue weighted by molar-refractivity contribution is 9.11. The first-order chi connectivity index (χ1) is 7.06. The van der Waals surface area contributed by atoms with Crippen LogP contribution in [-0.2, 0) is 5.41 Å². The van der Waals surface area contributed by atoms with Gasteiger partial charge in [-0.15, -0.1) is 11.3 Å². The van der Waals surface area contributed by atoms with Gasteiger partial charge in [-0.2, -0.15) is 0 Å². The van der Waals surface area contributed by atoms with Crippen molar-refractivity contribution in [3.63, 3.8) is 0 Å². The number of hydrogen-bond acceptors (Lipinski definition) is 3. The zero-order valence-electron chi connectivity index (χ0n) is 9.56. The highest BCUT2D eigenvalue weighted by atomic mass is 79.9. The number of thiophene rings is 1. The maximum absolute atomic E-state index is 3.51. The monoisotopic (exact) mass is 290 g/mol. The first-order valence-electron chi connectivity index (χ1n) is 5.17. The summed E-state index contributed by atoms with van der Waals surface area (Å²) in [5.74, 6) is 0. The largest absolute Gasteiger partial charge is 0.318 e. The minimum atomic E-state index is 0.213. The fraction of sp³-hybridized carbons (Fsp3) is 0.636. The zero-order valence-corrected chi connectivity index (χ0v) is 12.0. The molecule has 2 nitrogen and oxygen atoms in total. The van der Waals surface area contributed by atoms with Crippen LogP contribution in [-0.4, -0.2) is 26.7 Å². The van der Waals surface area contributed by atoms with Crippen molar-refractivity contribution >= 4 is 27.3 Å². The highest BCUT2D eigenvalue weighted by Gasteiger charge is 2.21. The van der Waals surface area contributed by atoms with Crippen molar-refractivity contribution < 1.29 is 0 Å². The van der Waals surface area contributed by atoms with E-state index in [1.54, 1.807) is 0 Å². The second-order valence-corrected chi connectivity index (χ2v) is 6.73. The van der Waals surface area contributed by atoms with E-state index in [0.29, 0.717) is 0 Å². The molecule has 1 rings (SSSR count). The van der Waals surface area contributed by atoms with Crippen LogP contribution in [0.25, 0.3) is 0 Å². The third-order valence-corrected chi connectivity index (χ3v) is 4.35. The predicted octanol–water partition coefficient (Wildman–Crippen LogP) is 2.60. The van der Waals surface area contributed by atoms with Crippen molar-refractivity contribution in [3.8, 4) is 0 Å². The van der Waals surface area contributed by atoms with Gasteiger partial charge in [-0.25, -0.2) is 0 Å². The number of hydrogen-bond donors (Lipinski definition) is 2. The maximum atomic E-state index is 3.51. The Kier molecular flexibility index (Phi) is 5.26. The van der Waals surface area contributed by atoms with Crippen LogP contribution >= 0.6 is 27.3 Å². The van der Waals surface area contributed by atoms with Crippen molar-refractivity contribution in [2.75, 3.05) is 26.7 Å². The Labute approximate surface area is 105 Å². The third kappa shape index (κ3) is 4.23. The molecule has 0 bridgehead atoms. The summed E-state index contributed by atoms with van der Waals surface area (Å²) in [5, 5.41) is 6.59. The summed E-state index contributed by atoms with van der Waals surface area (Å²) in [4.78, 5) is 1.42. The lowest BCUT2D eigenvalue weighted by molar-refractivity contribution is 0.476. The number of rotatable bonds is 6. The van der Waals surface area contributed by atoms with E-state index in [1.807, 2.05) is 18.4 Å². The number of nitrogens with one attached hydrogen (secondary N) is 2. The van der Waals surface area contributed by atoms with Gasteiger partial charge in [0.2, 0.25) is 0 Å². The van der Waals surface area contributed by atoms with Gasteiger partial charge in [-0.3, -0.25) is 0 Å². The van der Waals surface area contributed by atoms with E-state index in [2.05, 4.69) is 52.5 Å². The predicted molar refractivity (Wildman–Crippen MR) is 71.8 cm³/mol. The van der Waals surface area contributed by atoms with Gasteiger partial charge in [0.15, 0.2) is 0 Å². The van der Waals surface area contributed by atoms with Crippen LogP contribution in [0, 0.1) is 0 Å². The second-order valence-electron chi connectivity index (χ2n) is 4.27. The molecule has 0 aliphatic rings. The van der Waals surface area contributed by atoms with Crippen LogP contribution in [0.3, 0.4) is 0 Å². The van der Waals surface area contributed by atoms with E-state index < -0.39 is 0 Å². The molecule has 0 aliphatic heterocycles. The van der Waals surface area contributed by atoms with E-state index in [1.165, 1.54) is 8.66 Å². The minimum absolute atomic E-state index is 0.213. The molecule has 15 heavy (non-hydrogen) atoms. The average molecular weight is 291 g/mol. The molecule has 4 heteroatoms. The molecule has 0 radical (unpaired) electrons. The lowest BCUT2D eigenvalue weighted by Gasteiger charge is -2.23. The Morgan fingerprint density at radius 1 is 1.33 bits per heavy atom. The molecule has 1 aromatic heterocycles. The Balaban J connectivity index is 2.44. The molecule has 86 valence electrons. The zero-order chi connectivity index (χ0) is 11.3. The molecule has 1 heterocycles. The van der Waals surface area contributed by atoms with E-state index >= 15 is 0 Å².